The Hall–Kier alpha value is -2.92. The standard InChI is InChI=1S/C26H21BrClN3O2S/c1-2-16-7-9-20(10-8-16)30-26-31-25(32)23(34-26)13-17-11-21(27)24(22(28)12-17)33-15-19-6-4-3-5-18(19)14-29/h3-13,26,30H,2,15H2,1H3,(H,31,32)/b23-13-/t26-/m1/s1. The van der Waals surface area contributed by atoms with Gasteiger partial charge in [-0.1, -0.05) is 60.6 Å². The fourth-order valence-corrected chi connectivity index (χ4v) is 5.38. The number of carbonyl (C=O) groups is 1. The molecule has 2 N–H and O–H groups in total. The minimum atomic E-state index is -0.257. The van der Waals surface area contributed by atoms with Gasteiger partial charge in [0.1, 0.15) is 6.61 Å². The Morgan fingerprint density at radius 3 is 2.71 bits per heavy atom. The van der Waals surface area contributed by atoms with Gasteiger partial charge >= 0.3 is 0 Å². The predicted molar refractivity (Wildman–Crippen MR) is 142 cm³/mol. The molecule has 172 valence electrons. The predicted octanol–water partition coefficient (Wildman–Crippen LogP) is 6.72. The van der Waals surface area contributed by atoms with E-state index in [-0.39, 0.29) is 18.0 Å². The van der Waals surface area contributed by atoms with Crippen molar-refractivity contribution in [3.8, 4) is 11.8 Å². The first-order valence-electron chi connectivity index (χ1n) is 10.6. The third-order valence-electron chi connectivity index (χ3n) is 5.22. The highest BCUT2D eigenvalue weighted by Crippen LogP contribution is 2.37. The summed E-state index contributed by atoms with van der Waals surface area (Å²) in [5.41, 5.74) is 4.06. The number of amides is 1. The summed E-state index contributed by atoms with van der Waals surface area (Å²) in [5.74, 6) is 0.337. The van der Waals surface area contributed by atoms with Gasteiger partial charge in [-0.3, -0.25) is 4.79 Å². The summed E-state index contributed by atoms with van der Waals surface area (Å²) in [4.78, 5) is 13.1. The summed E-state index contributed by atoms with van der Waals surface area (Å²) in [5, 5.41) is 15.9. The lowest BCUT2D eigenvalue weighted by molar-refractivity contribution is -0.116. The van der Waals surface area contributed by atoms with Gasteiger partial charge in [0.05, 0.1) is 26.0 Å². The Morgan fingerprint density at radius 2 is 2.00 bits per heavy atom. The van der Waals surface area contributed by atoms with E-state index in [9.17, 15) is 10.1 Å². The highest BCUT2D eigenvalue weighted by atomic mass is 79.9. The number of nitrogens with one attached hydrogen (secondary N) is 2. The van der Waals surface area contributed by atoms with E-state index >= 15 is 0 Å². The summed E-state index contributed by atoms with van der Waals surface area (Å²) in [6.45, 7) is 2.33. The Bertz CT molecular complexity index is 1260. The number of ether oxygens (including phenoxy) is 1. The molecule has 0 saturated carbocycles. The van der Waals surface area contributed by atoms with Crippen LogP contribution in [-0.2, 0) is 17.8 Å². The van der Waals surface area contributed by atoms with Crippen molar-refractivity contribution in [2.45, 2.75) is 25.4 Å². The average Bonchev–Trinajstić information content (AvgIpc) is 3.17. The van der Waals surface area contributed by atoms with Gasteiger partial charge in [0.15, 0.2) is 11.2 Å². The second-order valence-corrected chi connectivity index (χ2v) is 9.95. The van der Waals surface area contributed by atoms with Crippen molar-refractivity contribution < 1.29 is 9.53 Å². The molecule has 8 heteroatoms. The van der Waals surface area contributed by atoms with Crippen molar-refractivity contribution in [1.29, 1.82) is 5.26 Å². The molecule has 1 amide bonds. The summed E-state index contributed by atoms with van der Waals surface area (Å²) in [7, 11) is 0. The van der Waals surface area contributed by atoms with Gasteiger partial charge in [-0.05, 0) is 69.9 Å². The fourth-order valence-electron chi connectivity index (χ4n) is 3.41. The van der Waals surface area contributed by atoms with E-state index in [0.29, 0.717) is 25.7 Å². The molecule has 0 aromatic heterocycles. The van der Waals surface area contributed by atoms with Crippen LogP contribution in [0, 0.1) is 11.3 Å². The van der Waals surface area contributed by atoms with Crippen LogP contribution >= 0.6 is 39.3 Å². The van der Waals surface area contributed by atoms with Gasteiger partial charge in [-0.15, -0.1) is 0 Å². The van der Waals surface area contributed by atoms with Gasteiger partial charge in [-0.2, -0.15) is 5.26 Å². The fraction of sp³-hybridized carbons (Fsp3) is 0.154. The van der Waals surface area contributed by atoms with Crippen LogP contribution in [0.3, 0.4) is 0 Å². The zero-order valence-corrected chi connectivity index (χ0v) is 21.4. The number of benzene rings is 3. The third kappa shape index (κ3) is 5.76. The highest BCUT2D eigenvalue weighted by molar-refractivity contribution is 9.10. The van der Waals surface area contributed by atoms with Crippen molar-refractivity contribution in [3.05, 3.63) is 97.3 Å². The number of anilines is 1. The zero-order chi connectivity index (χ0) is 24.1. The number of halogens is 2. The van der Waals surface area contributed by atoms with Crippen LogP contribution in [0.15, 0.2) is 70.0 Å². The molecule has 0 spiro atoms. The topological polar surface area (TPSA) is 74.2 Å². The number of nitrogens with zero attached hydrogens (tertiary/aromatic N) is 1. The van der Waals surface area contributed by atoms with Gasteiger partial charge in [0, 0.05) is 11.3 Å². The number of thioether (sulfide) groups is 1. The lowest BCUT2D eigenvalue weighted by Crippen LogP contribution is -2.30. The molecule has 1 saturated heterocycles. The van der Waals surface area contributed by atoms with Crippen LogP contribution < -0.4 is 15.4 Å². The number of aryl methyl sites for hydroxylation is 1. The lowest BCUT2D eigenvalue weighted by atomic mass is 10.1. The molecule has 0 radical (unpaired) electrons. The van der Waals surface area contributed by atoms with Crippen LogP contribution in [0.1, 0.15) is 29.2 Å². The highest BCUT2D eigenvalue weighted by Gasteiger charge is 2.27. The van der Waals surface area contributed by atoms with E-state index in [1.54, 1.807) is 18.2 Å². The van der Waals surface area contributed by atoms with E-state index in [1.807, 2.05) is 36.4 Å². The van der Waals surface area contributed by atoms with Crippen molar-refractivity contribution in [2.24, 2.45) is 0 Å². The van der Waals surface area contributed by atoms with Crippen molar-refractivity contribution in [1.82, 2.24) is 5.32 Å². The molecule has 0 aliphatic carbocycles. The van der Waals surface area contributed by atoms with Gasteiger partial charge in [-0.25, -0.2) is 0 Å². The Morgan fingerprint density at radius 1 is 1.24 bits per heavy atom. The van der Waals surface area contributed by atoms with E-state index in [4.69, 9.17) is 16.3 Å². The molecule has 34 heavy (non-hydrogen) atoms. The Kier molecular flexibility index (Phi) is 7.84. The van der Waals surface area contributed by atoms with Gasteiger partial charge < -0.3 is 15.4 Å². The van der Waals surface area contributed by atoms with Crippen LogP contribution in [-0.4, -0.2) is 11.4 Å². The monoisotopic (exact) mass is 553 g/mol. The molecular weight excluding hydrogens is 534 g/mol. The first-order chi connectivity index (χ1) is 16.5. The number of carbonyl (C=O) groups excluding carboxylic acids is 1. The largest absolute Gasteiger partial charge is 0.486 e. The number of nitriles is 1. The van der Waals surface area contributed by atoms with Crippen molar-refractivity contribution in [2.75, 3.05) is 5.32 Å². The molecule has 3 aromatic carbocycles. The molecule has 1 fully saturated rings. The maximum atomic E-state index is 12.5. The molecule has 1 aliphatic heterocycles. The maximum absolute atomic E-state index is 12.5. The zero-order valence-electron chi connectivity index (χ0n) is 18.3. The van der Waals surface area contributed by atoms with E-state index in [2.05, 4.69) is 51.7 Å². The number of rotatable bonds is 7. The molecule has 4 rings (SSSR count). The molecule has 1 atom stereocenters. The van der Waals surface area contributed by atoms with Crippen molar-refractivity contribution in [3.63, 3.8) is 0 Å². The first-order valence-corrected chi connectivity index (χ1v) is 12.7. The van der Waals surface area contributed by atoms with Crippen LogP contribution in [0.2, 0.25) is 5.02 Å². The van der Waals surface area contributed by atoms with Gasteiger partial charge in [0.2, 0.25) is 0 Å². The average molecular weight is 555 g/mol. The molecule has 1 aliphatic rings. The number of hydrogen-bond donors (Lipinski definition) is 2. The second kappa shape index (κ2) is 11.0. The molecule has 0 unspecified atom stereocenters. The number of hydrogen-bond acceptors (Lipinski definition) is 5. The second-order valence-electron chi connectivity index (χ2n) is 7.55. The molecular formula is C26H21BrClN3O2S. The van der Waals surface area contributed by atoms with Crippen LogP contribution in [0.4, 0.5) is 5.69 Å². The van der Waals surface area contributed by atoms with Crippen LogP contribution in [0.5, 0.6) is 5.75 Å². The maximum Gasteiger partial charge on any atom is 0.260 e. The minimum Gasteiger partial charge on any atom is -0.486 e. The van der Waals surface area contributed by atoms with E-state index in [1.165, 1.54) is 17.3 Å². The van der Waals surface area contributed by atoms with E-state index in [0.717, 1.165) is 23.2 Å². The van der Waals surface area contributed by atoms with Crippen LogP contribution in [0.25, 0.3) is 6.08 Å². The summed E-state index contributed by atoms with van der Waals surface area (Å²) in [6.07, 6.45) is 2.78. The third-order valence-corrected chi connectivity index (χ3v) is 7.12. The SMILES string of the molecule is CCc1ccc(N[C@@H]2NC(=O)/C(=C/c3cc(Cl)c(OCc4ccccc4C#N)c(Br)c3)S2)cc1. The van der Waals surface area contributed by atoms with E-state index < -0.39 is 0 Å². The molecule has 3 aromatic rings. The normalized spacial score (nSPS) is 16.2. The molecule has 0 bridgehead atoms. The quantitative estimate of drug-likeness (QED) is 0.317. The molecule has 1 heterocycles. The minimum absolute atomic E-state index is 0.145. The summed E-state index contributed by atoms with van der Waals surface area (Å²) < 4.78 is 6.56. The van der Waals surface area contributed by atoms with Gasteiger partial charge in [0.25, 0.3) is 5.91 Å². The summed E-state index contributed by atoms with van der Waals surface area (Å²) in [6, 6.07) is 21.2. The Balaban J connectivity index is 1.45. The molecule has 5 nitrogen and oxygen atoms in total. The Labute approximate surface area is 216 Å². The smallest absolute Gasteiger partial charge is 0.260 e. The first kappa shape index (κ1) is 24.2. The lowest BCUT2D eigenvalue weighted by Gasteiger charge is -2.13. The summed E-state index contributed by atoms with van der Waals surface area (Å²) >= 11 is 11.4. The van der Waals surface area contributed by atoms with Crippen molar-refractivity contribution >= 4 is 57.0 Å².